The third kappa shape index (κ3) is 2.72. The maximum absolute atomic E-state index is 11.6. The second kappa shape index (κ2) is 5.12. The average molecular weight is 230 g/mol. The normalized spacial score (nSPS) is 36.8. The lowest BCUT2D eigenvalue weighted by atomic mass is 9.82. The van der Waals surface area contributed by atoms with Gasteiger partial charge in [0.15, 0.2) is 0 Å². The molecule has 0 aromatic rings. The van der Waals surface area contributed by atoms with Crippen LogP contribution in [-0.2, 0) is 9.53 Å². The molecule has 0 spiro atoms. The minimum atomic E-state index is -0.992. The number of nitrogens with one attached hydrogen (secondary N) is 1. The van der Waals surface area contributed by atoms with Crippen LogP contribution in [0.15, 0.2) is 0 Å². The minimum absolute atomic E-state index is 0.0388. The van der Waals surface area contributed by atoms with Gasteiger partial charge in [0, 0.05) is 19.0 Å². The van der Waals surface area contributed by atoms with Gasteiger partial charge >= 0.3 is 5.97 Å². The number of rotatable bonds is 3. The minimum Gasteiger partial charge on any atom is -0.457 e. The van der Waals surface area contributed by atoms with Gasteiger partial charge in [0.05, 0.1) is 0 Å². The van der Waals surface area contributed by atoms with Gasteiger partial charge in [-0.1, -0.05) is 13.8 Å². The van der Waals surface area contributed by atoms with E-state index in [9.17, 15) is 9.90 Å². The molecule has 0 amide bonds. The summed E-state index contributed by atoms with van der Waals surface area (Å²) in [5, 5.41) is 13.4. The van der Waals surface area contributed by atoms with E-state index in [4.69, 9.17) is 10.5 Å². The first-order chi connectivity index (χ1) is 7.39. The molecular formula is C11H22N2O3. The maximum Gasteiger partial charge on any atom is 0.323 e. The number of aliphatic hydroxyl groups is 1. The summed E-state index contributed by atoms with van der Waals surface area (Å²) in [6.45, 7) is 6.65. The standard InChI is InChI=1S/C11H22N2O3/c1-4-8(12)10(14)16-9-6-13-5-7(2)11(9,3)15/h7-9,13,15H,4-6,12H2,1-3H3/t7-,8?,9+,11-/m0/s1. The molecule has 0 aliphatic carbocycles. The van der Waals surface area contributed by atoms with Gasteiger partial charge in [-0.05, 0) is 13.3 Å². The Morgan fingerprint density at radius 2 is 2.31 bits per heavy atom. The number of esters is 1. The molecule has 16 heavy (non-hydrogen) atoms. The summed E-state index contributed by atoms with van der Waals surface area (Å²) in [6.07, 6.45) is 0.0118. The highest BCUT2D eigenvalue weighted by molar-refractivity contribution is 5.75. The van der Waals surface area contributed by atoms with Crippen LogP contribution in [0.2, 0.25) is 0 Å². The number of ether oxygens (including phenoxy) is 1. The van der Waals surface area contributed by atoms with Crippen LogP contribution in [0.5, 0.6) is 0 Å². The number of piperidine rings is 1. The van der Waals surface area contributed by atoms with Crippen LogP contribution in [0.25, 0.3) is 0 Å². The second-order valence-electron chi connectivity index (χ2n) is 4.73. The Balaban J connectivity index is 2.62. The Kier molecular flexibility index (Phi) is 4.29. The Morgan fingerprint density at radius 3 is 2.88 bits per heavy atom. The average Bonchev–Trinajstić information content (AvgIpc) is 2.24. The zero-order valence-electron chi connectivity index (χ0n) is 10.2. The molecule has 1 saturated heterocycles. The SMILES string of the molecule is CCC(N)C(=O)O[C@@H]1CNC[C@H](C)[C@]1(C)O. The lowest BCUT2D eigenvalue weighted by Gasteiger charge is -2.41. The Labute approximate surface area is 96.3 Å². The quantitative estimate of drug-likeness (QED) is 0.576. The molecule has 0 radical (unpaired) electrons. The molecule has 0 saturated carbocycles. The van der Waals surface area contributed by atoms with Gasteiger partial charge in [-0.15, -0.1) is 0 Å². The Morgan fingerprint density at radius 1 is 1.69 bits per heavy atom. The lowest BCUT2D eigenvalue weighted by molar-refractivity contribution is -0.175. The predicted molar refractivity (Wildman–Crippen MR) is 60.8 cm³/mol. The van der Waals surface area contributed by atoms with E-state index in [1.54, 1.807) is 6.92 Å². The second-order valence-corrected chi connectivity index (χ2v) is 4.73. The molecule has 4 N–H and O–H groups in total. The number of hydrogen-bond donors (Lipinski definition) is 3. The highest BCUT2D eigenvalue weighted by atomic mass is 16.6. The molecular weight excluding hydrogens is 208 g/mol. The fourth-order valence-electron chi connectivity index (χ4n) is 1.72. The maximum atomic E-state index is 11.6. The summed E-state index contributed by atoms with van der Waals surface area (Å²) in [5.74, 6) is -0.402. The molecule has 1 aliphatic heterocycles. The van der Waals surface area contributed by atoms with Crippen molar-refractivity contribution in [1.82, 2.24) is 5.32 Å². The van der Waals surface area contributed by atoms with Gasteiger partial charge in [-0.3, -0.25) is 4.79 Å². The third-order valence-corrected chi connectivity index (χ3v) is 3.43. The molecule has 0 bridgehead atoms. The van der Waals surface area contributed by atoms with Crippen molar-refractivity contribution < 1.29 is 14.6 Å². The topological polar surface area (TPSA) is 84.6 Å². The number of carbonyl (C=O) groups excluding carboxylic acids is 1. The fraction of sp³-hybridized carbons (Fsp3) is 0.909. The molecule has 1 unspecified atom stereocenters. The van der Waals surface area contributed by atoms with Gasteiger partial charge in [-0.25, -0.2) is 0 Å². The van der Waals surface area contributed by atoms with Crippen molar-refractivity contribution in [3.8, 4) is 0 Å². The van der Waals surface area contributed by atoms with Crippen molar-refractivity contribution >= 4 is 5.97 Å². The zero-order chi connectivity index (χ0) is 12.3. The summed E-state index contributed by atoms with van der Waals surface area (Å²) in [4.78, 5) is 11.6. The number of carbonyl (C=O) groups is 1. The van der Waals surface area contributed by atoms with Gasteiger partial charge in [-0.2, -0.15) is 0 Å². The van der Waals surface area contributed by atoms with Crippen LogP contribution >= 0.6 is 0 Å². The van der Waals surface area contributed by atoms with Crippen molar-refractivity contribution in [2.24, 2.45) is 11.7 Å². The monoisotopic (exact) mass is 230 g/mol. The first kappa shape index (κ1) is 13.4. The van der Waals surface area contributed by atoms with E-state index in [0.29, 0.717) is 13.0 Å². The number of hydrogen-bond acceptors (Lipinski definition) is 5. The van der Waals surface area contributed by atoms with Gasteiger partial charge in [0.2, 0.25) is 0 Å². The molecule has 4 atom stereocenters. The molecule has 5 nitrogen and oxygen atoms in total. The molecule has 1 fully saturated rings. The van der Waals surface area contributed by atoms with E-state index < -0.39 is 23.7 Å². The molecule has 1 heterocycles. The first-order valence-electron chi connectivity index (χ1n) is 5.78. The summed E-state index contributed by atoms with van der Waals surface area (Å²) >= 11 is 0. The van der Waals surface area contributed by atoms with Crippen LogP contribution in [0.1, 0.15) is 27.2 Å². The smallest absolute Gasteiger partial charge is 0.323 e. The van der Waals surface area contributed by atoms with E-state index >= 15 is 0 Å². The fourth-order valence-corrected chi connectivity index (χ4v) is 1.72. The van der Waals surface area contributed by atoms with Gasteiger partial charge < -0.3 is 20.9 Å². The van der Waals surface area contributed by atoms with Crippen LogP contribution < -0.4 is 11.1 Å². The molecule has 0 aromatic heterocycles. The third-order valence-electron chi connectivity index (χ3n) is 3.43. The highest BCUT2D eigenvalue weighted by Gasteiger charge is 2.43. The molecule has 0 aromatic carbocycles. The van der Waals surface area contributed by atoms with Crippen LogP contribution in [0, 0.1) is 5.92 Å². The van der Waals surface area contributed by atoms with E-state index in [2.05, 4.69) is 5.32 Å². The first-order valence-corrected chi connectivity index (χ1v) is 5.78. The zero-order valence-corrected chi connectivity index (χ0v) is 10.2. The van der Waals surface area contributed by atoms with Crippen molar-refractivity contribution in [3.63, 3.8) is 0 Å². The van der Waals surface area contributed by atoms with E-state index in [1.165, 1.54) is 0 Å². The Bertz CT molecular complexity index is 256. The summed E-state index contributed by atoms with van der Waals surface area (Å²) in [7, 11) is 0. The predicted octanol–water partition coefficient (Wildman–Crippen LogP) is -0.374. The van der Waals surface area contributed by atoms with Crippen LogP contribution in [0.4, 0.5) is 0 Å². The van der Waals surface area contributed by atoms with Gasteiger partial charge in [0.1, 0.15) is 17.7 Å². The Hall–Kier alpha value is -0.650. The van der Waals surface area contributed by atoms with Crippen molar-refractivity contribution in [1.29, 1.82) is 0 Å². The molecule has 5 heteroatoms. The van der Waals surface area contributed by atoms with Crippen LogP contribution in [-0.4, -0.2) is 41.9 Å². The molecule has 94 valence electrons. The summed E-state index contributed by atoms with van der Waals surface area (Å²) in [5.41, 5.74) is 4.59. The molecule has 1 rings (SSSR count). The number of nitrogens with two attached hydrogens (primary N) is 1. The van der Waals surface area contributed by atoms with Gasteiger partial charge in [0.25, 0.3) is 0 Å². The summed E-state index contributed by atoms with van der Waals surface area (Å²) < 4.78 is 5.25. The van der Waals surface area contributed by atoms with Crippen molar-refractivity contribution in [2.75, 3.05) is 13.1 Å². The van der Waals surface area contributed by atoms with Crippen LogP contribution in [0.3, 0.4) is 0 Å². The van der Waals surface area contributed by atoms with E-state index in [-0.39, 0.29) is 5.92 Å². The van der Waals surface area contributed by atoms with E-state index in [1.807, 2.05) is 13.8 Å². The van der Waals surface area contributed by atoms with Crippen molar-refractivity contribution in [3.05, 3.63) is 0 Å². The largest absolute Gasteiger partial charge is 0.457 e. The lowest BCUT2D eigenvalue weighted by Crippen LogP contribution is -2.59. The van der Waals surface area contributed by atoms with E-state index in [0.717, 1.165) is 6.54 Å². The summed E-state index contributed by atoms with van der Waals surface area (Å²) in [6, 6.07) is -0.604. The highest BCUT2D eigenvalue weighted by Crippen LogP contribution is 2.26. The van der Waals surface area contributed by atoms with Crippen molar-refractivity contribution in [2.45, 2.75) is 44.9 Å². The molecule has 1 aliphatic rings.